The molecule has 2 rings (SSSR count). The Balaban J connectivity index is 2.46. The lowest BCUT2D eigenvalue weighted by molar-refractivity contribution is 0.707. The fourth-order valence-electron chi connectivity index (χ4n) is 2.04. The molecule has 0 aliphatic heterocycles. The lowest BCUT2D eigenvalue weighted by Crippen LogP contribution is -2.24. The van der Waals surface area contributed by atoms with E-state index in [0.29, 0.717) is 6.54 Å². The van der Waals surface area contributed by atoms with Gasteiger partial charge in [0, 0.05) is 24.4 Å². The molecule has 0 bridgehead atoms. The molecular weight excluding hydrogens is 224 g/mol. The number of hydrogen-bond acceptors (Lipinski definition) is 4. The van der Waals surface area contributed by atoms with Gasteiger partial charge in [-0.15, -0.1) is 5.10 Å². The van der Waals surface area contributed by atoms with Crippen molar-refractivity contribution in [3.8, 4) is 6.07 Å². The number of rotatable bonds is 3. The Morgan fingerprint density at radius 2 is 1.94 bits per heavy atom. The first-order chi connectivity index (χ1) is 8.63. The highest BCUT2D eigenvalue weighted by Gasteiger charge is 2.12. The van der Waals surface area contributed by atoms with Gasteiger partial charge in [0.25, 0.3) is 0 Å². The third-order valence-electron chi connectivity index (χ3n) is 2.98. The van der Waals surface area contributed by atoms with E-state index < -0.39 is 0 Å². The maximum Gasteiger partial charge on any atom is 0.158 e. The lowest BCUT2D eigenvalue weighted by atomic mass is 10.1. The molecule has 1 aromatic heterocycles. The molecular formula is C14H16N4. The molecule has 0 saturated heterocycles. The van der Waals surface area contributed by atoms with Gasteiger partial charge in [0.2, 0.25) is 0 Å². The van der Waals surface area contributed by atoms with Gasteiger partial charge in [-0.2, -0.15) is 10.4 Å². The van der Waals surface area contributed by atoms with Gasteiger partial charge >= 0.3 is 0 Å². The minimum Gasteiger partial charge on any atom is -0.356 e. The van der Waals surface area contributed by atoms with Crippen LogP contribution in [0.5, 0.6) is 0 Å². The fraction of sp³-hybridized carbons (Fsp3) is 0.357. The van der Waals surface area contributed by atoms with E-state index >= 15 is 0 Å². The van der Waals surface area contributed by atoms with E-state index in [1.165, 1.54) is 0 Å². The van der Waals surface area contributed by atoms with Crippen LogP contribution in [0.2, 0.25) is 0 Å². The average Bonchev–Trinajstić information content (AvgIpc) is 2.39. The summed E-state index contributed by atoms with van der Waals surface area (Å²) in [4.78, 5) is 1.99. The zero-order valence-corrected chi connectivity index (χ0v) is 10.9. The second-order valence-electron chi connectivity index (χ2n) is 4.57. The van der Waals surface area contributed by atoms with Crippen molar-refractivity contribution < 1.29 is 0 Å². The number of aryl methyl sites for hydroxylation is 1. The monoisotopic (exact) mass is 240 g/mol. The predicted molar refractivity (Wildman–Crippen MR) is 72.3 cm³/mol. The Bertz CT molecular complexity index is 600. The molecule has 92 valence electrons. The van der Waals surface area contributed by atoms with E-state index in [1.807, 2.05) is 50.1 Å². The SMILES string of the molecule is Cc1nnc(N(C)CC(C)C#N)c2ccccc12. The summed E-state index contributed by atoms with van der Waals surface area (Å²) >= 11 is 0. The summed E-state index contributed by atoms with van der Waals surface area (Å²) in [7, 11) is 1.94. The molecule has 18 heavy (non-hydrogen) atoms. The van der Waals surface area contributed by atoms with Crippen molar-refractivity contribution in [2.24, 2.45) is 5.92 Å². The Kier molecular flexibility index (Phi) is 3.42. The summed E-state index contributed by atoms with van der Waals surface area (Å²) in [6.45, 7) is 4.51. The molecule has 2 aromatic rings. The van der Waals surface area contributed by atoms with Crippen molar-refractivity contribution in [3.63, 3.8) is 0 Å². The van der Waals surface area contributed by atoms with Crippen LogP contribution in [0.3, 0.4) is 0 Å². The smallest absolute Gasteiger partial charge is 0.158 e. The molecule has 0 radical (unpaired) electrons. The summed E-state index contributed by atoms with van der Waals surface area (Å²) in [5.41, 5.74) is 0.927. The van der Waals surface area contributed by atoms with Crippen LogP contribution >= 0.6 is 0 Å². The molecule has 1 heterocycles. The first-order valence-electron chi connectivity index (χ1n) is 5.96. The molecule has 4 nitrogen and oxygen atoms in total. The molecule has 0 spiro atoms. The Labute approximate surface area is 107 Å². The van der Waals surface area contributed by atoms with E-state index in [4.69, 9.17) is 5.26 Å². The molecule has 0 N–H and O–H groups in total. The van der Waals surface area contributed by atoms with Crippen LogP contribution in [0.15, 0.2) is 24.3 Å². The number of benzene rings is 1. The number of aromatic nitrogens is 2. The summed E-state index contributed by atoms with van der Waals surface area (Å²) in [5.74, 6) is 0.801. The zero-order chi connectivity index (χ0) is 13.1. The summed E-state index contributed by atoms with van der Waals surface area (Å²) in [6, 6.07) is 10.3. The number of nitriles is 1. The van der Waals surface area contributed by atoms with E-state index in [2.05, 4.69) is 16.3 Å². The molecule has 4 heteroatoms. The molecule has 0 aliphatic carbocycles. The highest BCUT2D eigenvalue weighted by molar-refractivity contribution is 5.93. The largest absolute Gasteiger partial charge is 0.356 e. The van der Waals surface area contributed by atoms with Gasteiger partial charge in [0.15, 0.2) is 5.82 Å². The predicted octanol–water partition coefficient (Wildman–Crippen LogP) is 2.53. The lowest BCUT2D eigenvalue weighted by Gasteiger charge is -2.20. The van der Waals surface area contributed by atoms with Crippen molar-refractivity contribution >= 4 is 16.6 Å². The minimum atomic E-state index is -0.0307. The van der Waals surface area contributed by atoms with Gasteiger partial charge in [0.05, 0.1) is 17.7 Å². The molecule has 0 amide bonds. The molecule has 1 unspecified atom stereocenters. The van der Waals surface area contributed by atoms with Gasteiger partial charge in [-0.25, -0.2) is 0 Å². The van der Waals surface area contributed by atoms with Gasteiger partial charge in [0.1, 0.15) is 0 Å². The maximum absolute atomic E-state index is 8.88. The van der Waals surface area contributed by atoms with Gasteiger partial charge in [-0.1, -0.05) is 24.3 Å². The molecule has 0 aliphatic rings. The van der Waals surface area contributed by atoms with Crippen molar-refractivity contribution in [1.29, 1.82) is 5.26 Å². The van der Waals surface area contributed by atoms with E-state index in [0.717, 1.165) is 22.3 Å². The normalized spacial score (nSPS) is 12.1. The minimum absolute atomic E-state index is 0.0307. The van der Waals surface area contributed by atoms with Crippen LogP contribution in [0, 0.1) is 24.2 Å². The summed E-state index contributed by atoms with van der Waals surface area (Å²) in [6.07, 6.45) is 0. The average molecular weight is 240 g/mol. The molecule has 0 saturated carbocycles. The first-order valence-corrected chi connectivity index (χ1v) is 5.96. The second-order valence-corrected chi connectivity index (χ2v) is 4.57. The van der Waals surface area contributed by atoms with Gasteiger partial charge in [-0.05, 0) is 13.8 Å². The van der Waals surface area contributed by atoms with Crippen LogP contribution in [-0.4, -0.2) is 23.8 Å². The van der Waals surface area contributed by atoms with Crippen molar-refractivity contribution in [2.75, 3.05) is 18.5 Å². The quantitative estimate of drug-likeness (QED) is 0.827. The van der Waals surface area contributed by atoms with Gasteiger partial charge in [-0.3, -0.25) is 0 Å². The first kappa shape index (κ1) is 12.3. The highest BCUT2D eigenvalue weighted by atomic mass is 15.2. The van der Waals surface area contributed by atoms with Crippen LogP contribution in [0.1, 0.15) is 12.6 Å². The Morgan fingerprint density at radius 3 is 2.61 bits per heavy atom. The molecule has 1 atom stereocenters. The third-order valence-corrected chi connectivity index (χ3v) is 2.98. The molecule has 0 fully saturated rings. The number of anilines is 1. The van der Waals surface area contributed by atoms with E-state index in [1.54, 1.807) is 0 Å². The maximum atomic E-state index is 8.88. The van der Waals surface area contributed by atoms with Crippen LogP contribution in [0.25, 0.3) is 10.8 Å². The summed E-state index contributed by atoms with van der Waals surface area (Å²) < 4.78 is 0. The fourth-order valence-corrected chi connectivity index (χ4v) is 2.04. The number of fused-ring (bicyclic) bond motifs is 1. The second kappa shape index (κ2) is 5.01. The molecule has 1 aromatic carbocycles. The third kappa shape index (κ3) is 2.25. The van der Waals surface area contributed by atoms with Crippen molar-refractivity contribution in [1.82, 2.24) is 10.2 Å². The Hall–Kier alpha value is -2.15. The van der Waals surface area contributed by atoms with Crippen LogP contribution < -0.4 is 4.90 Å². The Morgan fingerprint density at radius 1 is 1.28 bits per heavy atom. The number of hydrogen-bond donors (Lipinski definition) is 0. The highest BCUT2D eigenvalue weighted by Crippen LogP contribution is 2.24. The van der Waals surface area contributed by atoms with Crippen LogP contribution in [0.4, 0.5) is 5.82 Å². The van der Waals surface area contributed by atoms with Crippen molar-refractivity contribution in [3.05, 3.63) is 30.0 Å². The number of nitrogens with zero attached hydrogens (tertiary/aromatic N) is 4. The standard InChI is InChI=1S/C14H16N4/c1-10(8-15)9-18(3)14-13-7-5-4-6-12(13)11(2)16-17-14/h4-7,10H,9H2,1-3H3. The van der Waals surface area contributed by atoms with Crippen LogP contribution in [-0.2, 0) is 0 Å². The van der Waals surface area contributed by atoms with E-state index in [9.17, 15) is 0 Å². The summed E-state index contributed by atoms with van der Waals surface area (Å²) in [5, 5.41) is 19.5. The topological polar surface area (TPSA) is 52.8 Å². The van der Waals surface area contributed by atoms with Gasteiger partial charge < -0.3 is 4.90 Å². The van der Waals surface area contributed by atoms with Crippen molar-refractivity contribution in [2.45, 2.75) is 13.8 Å². The van der Waals surface area contributed by atoms with E-state index in [-0.39, 0.29) is 5.92 Å². The zero-order valence-electron chi connectivity index (χ0n) is 10.9.